The Morgan fingerprint density at radius 1 is 1.48 bits per heavy atom. The molecule has 1 aliphatic rings. The number of hydrogen-bond acceptors (Lipinski definition) is 5. The maximum absolute atomic E-state index is 12.0. The minimum atomic E-state index is -0.679. The van der Waals surface area contributed by atoms with E-state index in [0.717, 1.165) is 11.3 Å². The van der Waals surface area contributed by atoms with Gasteiger partial charge in [0.2, 0.25) is 5.91 Å². The lowest BCUT2D eigenvalue weighted by Crippen LogP contribution is -2.27. The molecule has 1 heterocycles. The summed E-state index contributed by atoms with van der Waals surface area (Å²) in [6.07, 6.45) is 0.409. The van der Waals surface area contributed by atoms with Gasteiger partial charge in [-0.1, -0.05) is 6.92 Å². The first-order valence-electron chi connectivity index (χ1n) is 6.77. The lowest BCUT2D eigenvalue weighted by Gasteiger charge is -2.17. The molecule has 21 heavy (non-hydrogen) atoms. The topological polar surface area (TPSA) is 98.3 Å². The molecule has 7 heteroatoms. The standard InChI is InChI=1S/C14H19N3O3S/c1-4-21-12(15)6-8-5-9-10(7-11(8)17(19)20)16-13(18)14(9,2)3/h5,7,12H,4,6,15H2,1-3H3,(H,16,18). The molecule has 3 N–H and O–H groups in total. The number of carbonyl (C=O) groups is 1. The molecule has 0 radical (unpaired) electrons. The first-order valence-corrected chi connectivity index (χ1v) is 7.82. The van der Waals surface area contributed by atoms with E-state index >= 15 is 0 Å². The Balaban J connectivity index is 2.47. The average Bonchev–Trinajstić information content (AvgIpc) is 2.60. The predicted molar refractivity (Wildman–Crippen MR) is 84.6 cm³/mol. The van der Waals surface area contributed by atoms with Crippen LogP contribution in [0.5, 0.6) is 0 Å². The fourth-order valence-electron chi connectivity index (χ4n) is 2.48. The highest BCUT2D eigenvalue weighted by Crippen LogP contribution is 2.41. The Morgan fingerprint density at radius 2 is 2.14 bits per heavy atom. The quantitative estimate of drug-likeness (QED) is 0.494. The molecule has 1 aliphatic heterocycles. The van der Waals surface area contributed by atoms with Gasteiger partial charge >= 0.3 is 0 Å². The molecular formula is C14H19N3O3S. The molecular weight excluding hydrogens is 290 g/mol. The van der Waals surface area contributed by atoms with E-state index in [4.69, 9.17) is 5.73 Å². The highest BCUT2D eigenvalue weighted by molar-refractivity contribution is 7.99. The van der Waals surface area contributed by atoms with Crippen LogP contribution in [0.3, 0.4) is 0 Å². The summed E-state index contributed by atoms with van der Waals surface area (Å²) in [5, 5.41) is 13.8. The maximum Gasteiger partial charge on any atom is 0.274 e. The van der Waals surface area contributed by atoms with E-state index in [1.54, 1.807) is 17.8 Å². The molecule has 6 nitrogen and oxygen atoms in total. The number of nitrogens with one attached hydrogen (secondary N) is 1. The molecule has 0 saturated heterocycles. The number of rotatable bonds is 5. The summed E-state index contributed by atoms with van der Waals surface area (Å²) in [5.74, 6) is 0.710. The molecule has 0 bridgehead atoms. The molecule has 114 valence electrons. The highest BCUT2D eigenvalue weighted by Gasteiger charge is 2.40. The number of anilines is 1. The van der Waals surface area contributed by atoms with Crippen molar-refractivity contribution in [1.29, 1.82) is 0 Å². The molecule has 1 atom stereocenters. The van der Waals surface area contributed by atoms with Crippen molar-refractivity contribution in [3.8, 4) is 0 Å². The molecule has 1 unspecified atom stereocenters. The number of benzene rings is 1. The van der Waals surface area contributed by atoms with Crippen LogP contribution in [-0.4, -0.2) is 22.0 Å². The first kappa shape index (κ1) is 15.8. The number of nitro groups is 1. The Morgan fingerprint density at radius 3 is 2.71 bits per heavy atom. The molecule has 1 amide bonds. The normalized spacial score (nSPS) is 17.2. The Kier molecular flexibility index (Phi) is 4.25. The average molecular weight is 309 g/mol. The Labute approximate surface area is 127 Å². The number of hydrogen-bond donors (Lipinski definition) is 2. The lowest BCUT2D eigenvalue weighted by molar-refractivity contribution is -0.385. The highest BCUT2D eigenvalue weighted by atomic mass is 32.2. The second kappa shape index (κ2) is 5.65. The van der Waals surface area contributed by atoms with E-state index in [2.05, 4.69) is 5.32 Å². The zero-order chi connectivity index (χ0) is 15.8. The molecule has 1 aromatic rings. The number of nitro benzene ring substituents is 1. The molecule has 2 rings (SSSR count). The number of fused-ring (bicyclic) bond motifs is 1. The monoisotopic (exact) mass is 309 g/mol. The van der Waals surface area contributed by atoms with Crippen LogP contribution in [0.2, 0.25) is 0 Å². The Hall–Kier alpha value is -1.60. The number of nitrogens with zero attached hydrogens (tertiary/aromatic N) is 1. The summed E-state index contributed by atoms with van der Waals surface area (Å²) in [4.78, 5) is 22.8. The van der Waals surface area contributed by atoms with Crippen molar-refractivity contribution in [3.05, 3.63) is 33.4 Å². The lowest BCUT2D eigenvalue weighted by atomic mass is 9.85. The van der Waals surface area contributed by atoms with Crippen molar-refractivity contribution in [2.24, 2.45) is 5.73 Å². The molecule has 0 aromatic heterocycles. The van der Waals surface area contributed by atoms with Gasteiger partial charge in [-0.05, 0) is 31.2 Å². The summed E-state index contributed by atoms with van der Waals surface area (Å²) in [6.45, 7) is 5.61. The predicted octanol–water partition coefficient (Wildman–Crippen LogP) is 2.40. The van der Waals surface area contributed by atoms with Crippen LogP contribution in [0.15, 0.2) is 12.1 Å². The zero-order valence-corrected chi connectivity index (χ0v) is 13.1. The van der Waals surface area contributed by atoms with Crippen molar-refractivity contribution in [3.63, 3.8) is 0 Å². The second-order valence-electron chi connectivity index (χ2n) is 5.56. The van der Waals surface area contributed by atoms with Gasteiger partial charge in [0.1, 0.15) is 0 Å². The van der Waals surface area contributed by atoms with Crippen molar-refractivity contribution in [2.45, 2.75) is 38.0 Å². The fraction of sp³-hybridized carbons (Fsp3) is 0.500. The zero-order valence-electron chi connectivity index (χ0n) is 12.3. The van der Waals surface area contributed by atoms with Gasteiger partial charge in [-0.3, -0.25) is 14.9 Å². The summed E-state index contributed by atoms with van der Waals surface area (Å²) in [7, 11) is 0. The van der Waals surface area contributed by atoms with Crippen LogP contribution >= 0.6 is 11.8 Å². The third kappa shape index (κ3) is 2.89. The van der Waals surface area contributed by atoms with Gasteiger partial charge in [0.05, 0.1) is 21.4 Å². The van der Waals surface area contributed by atoms with Gasteiger partial charge in [0.25, 0.3) is 5.69 Å². The van der Waals surface area contributed by atoms with E-state index in [-0.39, 0.29) is 17.0 Å². The fourth-order valence-corrected chi connectivity index (χ4v) is 3.20. The van der Waals surface area contributed by atoms with E-state index in [1.165, 1.54) is 6.07 Å². The van der Waals surface area contributed by atoms with Gasteiger partial charge in [-0.2, -0.15) is 0 Å². The van der Waals surface area contributed by atoms with Crippen molar-refractivity contribution < 1.29 is 9.72 Å². The largest absolute Gasteiger partial charge is 0.325 e. The van der Waals surface area contributed by atoms with Gasteiger partial charge in [-0.25, -0.2) is 0 Å². The summed E-state index contributed by atoms with van der Waals surface area (Å²) < 4.78 is 0. The van der Waals surface area contributed by atoms with Crippen LogP contribution in [-0.2, 0) is 16.6 Å². The van der Waals surface area contributed by atoms with Crippen LogP contribution < -0.4 is 11.1 Å². The molecule has 0 spiro atoms. The van der Waals surface area contributed by atoms with E-state index in [0.29, 0.717) is 17.7 Å². The van der Waals surface area contributed by atoms with E-state index < -0.39 is 10.3 Å². The van der Waals surface area contributed by atoms with Crippen molar-refractivity contribution in [2.75, 3.05) is 11.1 Å². The summed E-state index contributed by atoms with van der Waals surface area (Å²) in [6, 6.07) is 3.20. The number of carbonyl (C=O) groups excluding carboxylic acids is 1. The second-order valence-corrected chi connectivity index (χ2v) is 7.08. The molecule has 1 aromatic carbocycles. The van der Waals surface area contributed by atoms with Gasteiger partial charge in [-0.15, -0.1) is 11.8 Å². The minimum Gasteiger partial charge on any atom is -0.325 e. The van der Waals surface area contributed by atoms with E-state index in [1.807, 2.05) is 20.8 Å². The summed E-state index contributed by atoms with van der Waals surface area (Å²) in [5.41, 5.74) is 7.22. The van der Waals surface area contributed by atoms with Gasteiger partial charge in [0, 0.05) is 18.1 Å². The van der Waals surface area contributed by atoms with Crippen molar-refractivity contribution >= 4 is 29.0 Å². The SMILES string of the molecule is CCSC(N)Cc1cc2c(cc1[N+](=O)[O-])NC(=O)C2(C)C. The maximum atomic E-state index is 12.0. The Bertz CT molecular complexity index is 601. The molecule has 0 saturated carbocycles. The van der Waals surface area contributed by atoms with Gasteiger partial charge in [0.15, 0.2) is 0 Å². The molecule has 0 aliphatic carbocycles. The number of amides is 1. The van der Waals surface area contributed by atoms with Gasteiger partial charge < -0.3 is 11.1 Å². The van der Waals surface area contributed by atoms with Crippen LogP contribution in [0.1, 0.15) is 31.9 Å². The van der Waals surface area contributed by atoms with Crippen LogP contribution in [0.25, 0.3) is 0 Å². The molecule has 0 fully saturated rings. The third-order valence-electron chi connectivity index (χ3n) is 3.71. The number of nitrogens with two attached hydrogens (primary N) is 1. The summed E-state index contributed by atoms with van der Waals surface area (Å²) >= 11 is 1.55. The first-order chi connectivity index (χ1) is 9.77. The smallest absolute Gasteiger partial charge is 0.274 e. The third-order valence-corrected chi connectivity index (χ3v) is 4.63. The van der Waals surface area contributed by atoms with E-state index in [9.17, 15) is 14.9 Å². The van der Waals surface area contributed by atoms with Crippen molar-refractivity contribution in [1.82, 2.24) is 0 Å². The number of thioether (sulfide) groups is 1. The van der Waals surface area contributed by atoms with Crippen LogP contribution in [0.4, 0.5) is 11.4 Å². The van der Waals surface area contributed by atoms with Crippen LogP contribution in [0, 0.1) is 10.1 Å². The minimum absolute atomic E-state index is 0.0129.